The number of ether oxygens (including phenoxy) is 1. The Bertz CT molecular complexity index is 540. The molecule has 0 amide bonds. The first-order valence-corrected chi connectivity index (χ1v) is 11.3. The van der Waals surface area contributed by atoms with Gasteiger partial charge in [-0.1, -0.05) is 76.9 Å². The van der Waals surface area contributed by atoms with Gasteiger partial charge in [0.1, 0.15) is 6.61 Å². The third-order valence-corrected chi connectivity index (χ3v) is 5.27. The van der Waals surface area contributed by atoms with Crippen LogP contribution >= 0.6 is 0 Å². The van der Waals surface area contributed by atoms with Crippen molar-refractivity contribution in [1.82, 2.24) is 0 Å². The van der Waals surface area contributed by atoms with Crippen molar-refractivity contribution >= 4 is 22.1 Å². The predicted octanol–water partition coefficient (Wildman–Crippen LogP) is 4.13. The van der Waals surface area contributed by atoms with Gasteiger partial charge >= 0.3 is 11.9 Å². The lowest BCUT2D eigenvalue weighted by molar-refractivity contribution is -0.146. The molecule has 7 nitrogen and oxygen atoms in total. The van der Waals surface area contributed by atoms with E-state index in [1.165, 1.54) is 51.4 Å². The zero-order valence-corrected chi connectivity index (χ0v) is 17.1. The number of hydrogen-bond donors (Lipinski definition) is 2. The third kappa shape index (κ3) is 15.4. The maximum Gasteiger partial charge on any atom is 0.327 e. The van der Waals surface area contributed by atoms with Crippen LogP contribution in [0.25, 0.3) is 0 Å². The first-order chi connectivity index (χ1) is 12.8. The molecule has 158 valence electrons. The highest BCUT2D eigenvalue weighted by Gasteiger charge is 2.34. The highest BCUT2D eigenvalue weighted by molar-refractivity contribution is 7.87. The van der Waals surface area contributed by atoms with Crippen LogP contribution < -0.4 is 0 Å². The lowest BCUT2D eigenvalue weighted by Gasteiger charge is -2.10. The predicted molar refractivity (Wildman–Crippen MR) is 104 cm³/mol. The Morgan fingerprint density at radius 3 is 1.93 bits per heavy atom. The minimum atomic E-state index is -4.81. The summed E-state index contributed by atoms with van der Waals surface area (Å²) < 4.78 is 35.7. The fourth-order valence-corrected chi connectivity index (χ4v) is 3.29. The van der Waals surface area contributed by atoms with Crippen LogP contribution in [-0.2, 0) is 24.4 Å². The zero-order chi connectivity index (χ0) is 20.5. The van der Waals surface area contributed by atoms with Crippen LogP contribution in [0.15, 0.2) is 12.2 Å². The molecule has 0 radical (unpaired) electrons. The molecule has 0 aromatic carbocycles. The maximum absolute atomic E-state index is 11.6. The van der Waals surface area contributed by atoms with Crippen LogP contribution in [0.4, 0.5) is 0 Å². The molecule has 8 heteroatoms. The van der Waals surface area contributed by atoms with E-state index in [2.05, 4.69) is 6.92 Å². The van der Waals surface area contributed by atoms with E-state index in [0.717, 1.165) is 19.3 Å². The number of carbonyl (C=O) groups excluding carboxylic acids is 1. The Hall–Kier alpha value is -1.41. The van der Waals surface area contributed by atoms with Gasteiger partial charge in [0.2, 0.25) is 0 Å². The molecule has 0 rings (SSSR count). The van der Waals surface area contributed by atoms with Gasteiger partial charge in [-0.25, -0.2) is 0 Å². The Labute approximate surface area is 162 Å². The zero-order valence-electron chi connectivity index (χ0n) is 16.3. The molecular weight excluding hydrogens is 372 g/mol. The van der Waals surface area contributed by atoms with E-state index in [0.29, 0.717) is 0 Å². The van der Waals surface area contributed by atoms with Gasteiger partial charge in [0.15, 0.2) is 5.25 Å². The van der Waals surface area contributed by atoms with Gasteiger partial charge in [-0.05, 0) is 12.8 Å². The summed E-state index contributed by atoms with van der Waals surface area (Å²) in [5, 5.41) is 6.50. The van der Waals surface area contributed by atoms with E-state index in [4.69, 9.17) is 14.4 Å². The molecule has 0 fully saturated rings. The van der Waals surface area contributed by atoms with Crippen molar-refractivity contribution in [2.24, 2.45) is 0 Å². The van der Waals surface area contributed by atoms with Gasteiger partial charge in [0.25, 0.3) is 10.1 Å². The van der Waals surface area contributed by atoms with Crippen molar-refractivity contribution in [2.75, 3.05) is 6.61 Å². The Morgan fingerprint density at radius 2 is 1.44 bits per heavy atom. The molecule has 0 aliphatic heterocycles. The molecule has 0 bridgehead atoms. The van der Waals surface area contributed by atoms with Crippen LogP contribution in [0, 0.1) is 0 Å². The summed E-state index contributed by atoms with van der Waals surface area (Å²) in [6, 6.07) is 0. The van der Waals surface area contributed by atoms with Crippen LogP contribution in [0.2, 0.25) is 0 Å². The van der Waals surface area contributed by atoms with Crippen molar-refractivity contribution in [2.45, 2.75) is 89.2 Å². The monoisotopic (exact) mass is 406 g/mol. The van der Waals surface area contributed by atoms with Gasteiger partial charge < -0.3 is 9.84 Å². The number of hydrogen-bond acceptors (Lipinski definition) is 5. The second-order valence-electron chi connectivity index (χ2n) is 6.67. The SMILES string of the molecule is CCCCCCCCCCCCC=CCOC(=O)C(CC(=O)O)S(=O)(=O)O. The van der Waals surface area contributed by atoms with E-state index in [-0.39, 0.29) is 6.61 Å². The minimum Gasteiger partial charge on any atom is -0.481 e. The molecule has 0 spiro atoms. The standard InChI is InChI=1S/C19H34O7S/c1-2-3-4-5-6-7-8-9-10-11-12-13-14-15-26-19(22)17(16-18(20)21)27(23,24)25/h13-14,17H,2-12,15-16H2,1H3,(H,20,21)(H,23,24,25). The summed E-state index contributed by atoms with van der Waals surface area (Å²) >= 11 is 0. The van der Waals surface area contributed by atoms with E-state index >= 15 is 0 Å². The normalized spacial score (nSPS) is 13.0. The van der Waals surface area contributed by atoms with E-state index in [1.807, 2.05) is 6.08 Å². The molecule has 27 heavy (non-hydrogen) atoms. The summed E-state index contributed by atoms with van der Waals surface area (Å²) in [6.45, 7) is 2.07. The van der Waals surface area contributed by atoms with Gasteiger partial charge in [0.05, 0.1) is 6.42 Å². The molecule has 1 unspecified atom stereocenters. The lowest BCUT2D eigenvalue weighted by atomic mass is 10.1. The molecule has 0 aromatic heterocycles. The van der Waals surface area contributed by atoms with Crippen LogP contribution in [-0.4, -0.2) is 41.9 Å². The fourth-order valence-electron chi connectivity index (χ4n) is 2.63. The summed E-state index contributed by atoms with van der Waals surface area (Å²) in [5.74, 6) is -2.77. The van der Waals surface area contributed by atoms with Crippen LogP contribution in [0.3, 0.4) is 0 Å². The number of rotatable bonds is 17. The van der Waals surface area contributed by atoms with Crippen molar-refractivity contribution < 1.29 is 32.4 Å². The number of carbonyl (C=O) groups is 2. The first-order valence-electron chi connectivity index (χ1n) is 9.78. The molecule has 2 N–H and O–H groups in total. The second kappa shape index (κ2) is 15.6. The largest absolute Gasteiger partial charge is 0.481 e. The Morgan fingerprint density at radius 1 is 0.926 bits per heavy atom. The molecule has 0 aromatic rings. The number of aliphatic carboxylic acids is 1. The van der Waals surface area contributed by atoms with Crippen molar-refractivity contribution in [3.05, 3.63) is 12.2 Å². The van der Waals surface area contributed by atoms with E-state index in [9.17, 15) is 18.0 Å². The fraction of sp³-hybridized carbons (Fsp3) is 0.789. The average molecular weight is 407 g/mol. The van der Waals surface area contributed by atoms with Crippen molar-refractivity contribution in [1.29, 1.82) is 0 Å². The quantitative estimate of drug-likeness (QED) is 0.161. The van der Waals surface area contributed by atoms with Crippen molar-refractivity contribution in [3.63, 3.8) is 0 Å². The smallest absolute Gasteiger partial charge is 0.327 e. The molecule has 0 saturated carbocycles. The average Bonchev–Trinajstić information content (AvgIpc) is 2.58. The highest BCUT2D eigenvalue weighted by Crippen LogP contribution is 2.11. The summed E-state index contributed by atoms with van der Waals surface area (Å²) in [7, 11) is -4.81. The number of esters is 1. The van der Waals surface area contributed by atoms with Crippen LogP contribution in [0.1, 0.15) is 84.0 Å². The summed E-state index contributed by atoms with van der Waals surface area (Å²) in [4.78, 5) is 22.2. The minimum absolute atomic E-state index is 0.151. The van der Waals surface area contributed by atoms with Gasteiger partial charge in [-0.15, -0.1) is 0 Å². The highest BCUT2D eigenvalue weighted by atomic mass is 32.2. The number of carboxylic acids is 1. The summed E-state index contributed by atoms with van der Waals surface area (Å²) in [5.41, 5.74) is 0. The Balaban J connectivity index is 3.74. The van der Waals surface area contributed by atoms with Crippen molar-refractivity contribution in [3.8, 4) is 0 Å². The number of carboxylic acid groups (broad SMARTS) is 1. The molecular formula is C19H34O7S. The van der Waals surface area contributed by atoms with E-state index < -0.39 is 33.7 Å². The molecule has 0 aliphatic carbocycles. The van der Waals surface area contributed by atoms with Gasteiger partial charge in [0, 0.05) is 0 Å². The topological polar surface area (TPSA) is 118 Å². The lowest BCUT2D eigenvalue weighted by Crippen LogP contribution is -2.33. The molecule has 0 aliphatic rings. The number of allylic oxidation sites excluding steroid dienone is 1. The molecule has 0 saturated heterocycles. The van der Waals surface area contributed by atoms with Gasteiger partial charge in [-0.3, -0.25) is 14.1 Å². The molecule has 1 atom stereocenters. The number of unbranched alkanes of at least 4 members (excludes halogenated alkanes) is 10. The van der Waals surface area contributed by atoms with E-state index in [1.54, 1.807) is 6.08 Å². The second-order valence-corrected chi connectivity index (χ2v) is 8.27. The molecule has 0 heterocycles. The summed E-state index contributed by atoms with van der Waals surface area (Å²) in [6.07, 6.45) is 15.8. The Kier molecular flexibility index (Phi) is 14.8. The van der Waals surface area contributed by atoms with Crippen LogP contribution in [0.5, 0.6) is 0 Å². The van der Waals surface area contributed by atoms with Gasteiger partial charge in [-0.2, -0.15) is 8.42 Å². The maximum atomic E-state index is 11.6. The first kappa shape index (κ1) is 25.6. The third-order valence-electron chi connectivity index (χ3n) is 4.20.